The van der Waals surface area contributed by atoms with Crippen LogP contribution in [0.1, 0.15) is 47.5 Å². The number of rotatable bonds is 0. The maximum absolute atomic E-state index is 13.0. The van der Waals surface area contributed by atoms with Gasteiger partial charge in [0.05, 0.1) is 12.0 Å². The molecule has 0 spiro atoms. The molecule has 0 amide bonds. The van der Waals surface area contributed by atoms with Crippen molar-refractivity contribution in [2.45, 2.75) is 59.2 Å². The van der Waals surface area contributed by atoms with Crippen molar-refractivity contribution in [3.05, 3.63) is 23.3 Å². The Hall–Kier alpha value is -1.26. The van der Waals surface area contributed by atoms with Gasteiger partial charge in [-0.3, -0.25) is 9.59 Å². The number of hydrogen-bond acceptors (Lipinski definition) is 4. The molecule has 3 aliphatic rings. The Morgan fingerprint density at radius 2 is 1.79 bits per heavy atom. The highest BCUT2D eigenvalue weighted by molar-refractivity contribution is 6.07. The number of aliphatic hydroxyl groups excluding tert-OH is 1. The molecular weight excluding hydrogens is 304 g/mol. The van der Waals surface area contributed by atoms with Crippen molar-refractivity contribution in [1.29, 1.82) is 0 Å². The van der Waals surface area contributed by atoms with E-state index in [1.54, 1.807) is 26.8 Å². The zero-order valence-electron chi connectivity index (χ0n) is 15.2. The molecule has 2 fully saturated rings. The van der Waals surface area contributed by atoms with E-state index in [1.807, 2.05) is 6.08 Å². The number of Topliss-reactive ketones (excluding diaryl/α,β-unsaturated/α-hetero) is 2. The summed E-state index contributed by atoms with van der Waals surface area (Å²) < 4.78 is 0. The van der Waals surface area contributed by atoms with Crippen LogP contribution in [0.15, 0.2) is 23.3 Å². The van der Waals surface area contributed by atoms with Gasteiger partial charge in [-0.25, -0.2) is 0 Å². The summed E-state index contributed by atoms with van der Waals surface area (Å²) in [5, 5.41) is 21.6. The van der Waals surface area contributed by atoms with Gasteiger partial charge in [-0.1, -0.05) is 32.9 Å². The van der Waals surface area contributed by atoms with E-state index in [4.69, 9.17) is 0 Å². The third-order valence-electron chi connectivity index (χ3n) is 6.68. The number of fused-ring (bicyclic) bond motifs is 2. The molecule has 4 nitrogen and oxygen atoms in total. The SMILES string of the molecule is CC1=CC2C(CC(O)C(C)=CC3C(=O)C(C)CC3(O)C1=O)C2(C)C. The summed E-state index contributed by atoms with van der Waals surface area (Å²) >= 11 is 0. The second kappa shape index (κ2) is 5.37. The Balaban J connectivity index is 2.09. The van der Waals surface area contributed by atoms with Crippen LogP contribution in [0.4, 0.5) is 0 Å². The fourth-order valence-corrected chi connectivity index (χ4v) is 4.74. The fourth-order valence-electron chi connectivity index (χ4n) is 4.74. The minimum absolute atomic E-state index is 0.0444. The molecule has 0 heterocycles. The van der Waals surface area contributed by atoms with Crippen LogP contribution in [0.25, 0.3) is 0 Å². The molecule has 0 bridgehead atoms. The number of hydrogen-bond donors (Lipinski definition) is 2. The third kappa shape index (κ3) is 2.42. The summed E-state index contributed by atoms with van der Waals surface area (Å²) in [5.41, 5.74) is -0.429. The Morgan fingerprint density at radius 1 is 1.17 bits per heavy atom. The van der Waals surface area contributed by atoms with Crippen LogP contribution in [0.2, 0.25) is 0 Å². The van der Waals surface area contributed by atoms with Crippen LogP contribution in [-0.2, 0) is 9.59 Å². The van der Waals surface area contributed by atoms with E-state index in [2.05, 4.69) is 13.8 Å². The van der Waals surface area contributed by atoms with Gasteiger partial charge in [0.2, 0.25) is 0 Å². The molecule has 0 aliphatic heterocycles. The van der Waals surface area contributed by atoms with E-state index >= 15 is 0 Å². The van der Waals surface area contributed by atoms with Gasteiger partial charge in [0.25, 0.3) is 0 Å². The first-order chi connectivity index (χ1) is 11.0. The quantitative estimate of drug-likeness (QED) is 0.668. The average Bonchev–Trinajstić information content (AvgIpc) is 2.91. The van der Waals surface area contributed by atoms with Gasteiger partial charge in [0, 0.05) is 5.92 Å². The van der Waals surface area contributed by atoms with Gasteiger partial charge in [0.15, 0.2) is 5.78 Å². The molecule has 3 aliphatic carbocycles. The highest BCUT2D eigenvalue weighted by atomic mass is 16.3. The zero-order chi connectivity index (χ0) is 18.0. The van der Waals surface area contributed by atoms with E-state index in [9.17, 15) is 19.8 Å². The van der Waals surface area contributed by atoms with Gasteiger partial charge in [-0.05, 0) is 55.1 Å². The van der Waals surface area contributed by atoms with Gasteiger partial charge in [0.1, 0.15) is 11.4 Å². The summed E-state index contributed by atoms with van der Waals surface area (Å²) in [6.07, 6.45) is 3.71. The normalized spacial score (nSPS) is 44.9. The first kappa shape index (κ1) is 17.6. The van der Waals surface area contributed by atoms with E-state index in [1.165, 1.54) is 0 Å². The molecule has 0 saturated heterocycles. The maximum atomic E-state index is 13.0. The lowest BCUT2D eigenvalue weighted by molar-refractivity contribution is -0.138. The van der Waals surface area contributed by atoms with Crippen LogP contribution >= 0.6 is 0 Å². The molecular formula is C20H28O4. The third-order valence-corrected chi connectivity index (χ3v) is 6.68. The lowest BCUT2D eigenvalue weighted by Gasteiger charge is -2.27. The summed E-state index contributed by atoms with van der Waals surface area (Å²) in [7, 11) is 0. The van der Waals surface area contributed by atoms with Gasteiger partial charge in [-0.15, -0.1) is 0 Å². The molecule has 2 saturated carbocycles. The summed E-state index contributed by atoms with van der Waals surface area (Å²) in [5.74, 6) is -1.15. The summed E-state index contributed by atoms with van der Waals surface area (Å²) in [4.78, 5) is 25.5. The van der Waals surface area contributed by atoms with Crippen molar-refractivity contribution in [2.24, 2.45) is 29.1 Å². The first-order valence-electron chi connectivity index (χ1n) is 8.86. The van der Waals surface area contributed by atoms with Crippen LogP contribution in [0.3, 0.4) is 0 Å². The smallest absolute Gasteiger partial charge is 0.190 e. The molecule has 132 valence electrons. The largest absolute Gasteiger partial charge is 0.389 e. The van der Waals surface area contributed by atoms with Crippen molar-refractivity contribution in [3.63, 3.8) is 0 Å². The predicted molar refractivity (Wildman–Crippen MR) is 91.1 cm³/mol. The molecule has 0 radical (unpaired) electrons. The molecule has 0 aromatic rings. The highest BCUT2D eigenvalue weighted by Gasteiger charge is 2.59. The van der Waals surface area contributed by atoms with Crippen molar-refractivity contribution in [3.8, 4) is 0 Å². The topological polar surface area (TPSA) is 74.6 Å². The second-order valence-corrected chi connectivity index (χ2v) is 8.70. The number of carbonyl (C=O) groups is 2. The van der Waals surface area contributed by atoms with Crippen molar-refractivity contribution in [1.82, 2.24) is 0 Å². The zero-order valence-corrected chi connectivity index (χ0v) is 15.2. The Morgan fingerprint density at radius 3 is 2.42 bits per heavy atom. The van der Waals surface area contributed by atoms with E-state index in [-0.39, 0.29) is 35.2 Å². The average molecular weight is 332 g/mol. The van der Waals surface area contributed by atoms with Crippen molar-refractivity contribution < 1.29 is 19.8 Å². The molecule has 4 heteroatoms. The monoisotopic (exact) mass is 332 g/mol. The fraction of sp³-hybridized carbons (Fsp3) is 0.700. The number of allylic oxidation sites excluding steroid dienone is 1. The van der Waals surface area contributed by atoms with E-state index in [0.29, 0.717) is 23.5 Å². The molecule has 3 rings (SSSR count). The first-order valence-corrected chi connectivity index (χ1v) is 8.86. The standard InChI is InChI=1S/C20H28O4/c1-10-6-15-17(22)12(3)9-20(15,24)18(23)11(2)7-13-14(8-16(10)21)19(13,4)5/h6-7,12-16,21,24H,8-9H2,1-5H3. The predicted octanol–water partition coefficient (Wildman–Crippen LogP) is 2.44. The molecule has 24 heavy (non-hydrogen) atoms. The second-order valence-electron chi connectivity index (χ2n) is 8.70. The summed E-state index contributed by atoms with van der Waals surface area (Å²) in [6, 6.07) is 0. The Kier molecular flexibility index (Phi) is 3.93. The van der Waals surface area contributed by atoms with Crippen molar-refractivity contribution in [2.75, 3.05) is 0 Å². The molecule has 6 atom stereocenters. The maximum Gasteiger partial charge on any atom is 0.190 e. The summed E-state index contributed by atoms with van der Waals surface area (Å²) in [6.45, 7) is 9.57. The number of ketones is 2. The van der Waals surface area contributed by atoms with Gasteiger partial charge in [-0.2, -0.15) is 0 Å². The lowest BCUT2D eigenvalue weighted by atomic mass is 9.81. The van der Waals surface area contributed by atoms with E-state index in [0.717, 1.165) is 0 Å². The van der Waals surface area contributed by atoms with Gasteiger partial charge < -0.3 is 10.2 Å². The highest BCUT2D eigenvalue weighted by Crippen LogP contribution is 2.62. The molecule has 2 N–H and O–H groups in total. The number of carbonyl (C=O) groups excluding carboxylic acids is 2. The Labute approximate surface area is 143 Å². The van der Waals surface area contributed by atoms with Crippen LogP contribution in [0, 0.1) is 29.1 Å². The van der Waals surface area contributed by atoms with Crippen LogP contribution in [-0.4, -0.2) is 33.5 Å². The van der Waals surface area contributed by atoms with Crippen molar-refractivity contribution >= 4 is 11.6 Å². The lowest BCUT2D eigenvalue weighted by Crippen LogP contribution is -2.44. The van der Waals surface area contributed by atoms with Gasteiger partial charge >= 0.3 is 0 Å². The number of aliphatic hydroxyl groups is 2. The minimum atomic E-state index is -1.68. The van der Waals surface area contributed by atoms with Crippen LogP contribution < -0.4 is 0 Å². The molecule has 6 unspecified atom stereocenters. The molecule has 0 aromatic heterocycles. The minimum Gasteiger partial charge on any atom is -0.389 e. The van der Waals surface area contributed by atoms with Crippen LogP contribution in [0.5, 0.6) is 0 Å². The van der Waals surface area contributed by atoms with E-state index < -0.39 is 17.6 Å². The Bertz CT molecular complexity index is 657. The molecule has 0 aromatic carbocycles.